The number of hydrogen-bond donors (Lipinski definition) is 2. The van der Waals surface area contributed by atoms with Gasteiger partial charge in [-0.25, -0.2) is 0 Å². The van der Waals surface area contributed by atoms with Crippen LogP contribution in [0.1, 0.15) is 21.5 Å². The van der Waals surface area contributed by atoms with E-state index in [1.54, 1.807) is 6.07 Å². The second kappa shape index (κ2) is 5.36. The Hall–Kier alpha value is -2.69. The molecule has 0 fully saturated rings. The van der Waals surface area contributed by atoms with Gasteiger partial charge in [-0.15, -0.1) is 0 Å². The highest BCUT2D eigenvalue weighted by molar-refractivity contribution is 5.99. The van der Waals surface area contributed by atoms with Crippen LogP contribution in [0, 0.1) is 6.92 Å². The molecule has 0 aromatic heterocycles. The summed E-state index contributed by atoms with van der Waals surface area (Å²) in [5, 5.41) is 2.86. The van der Waals surface area contributed by atoms with Crippen LogP contribution in [0.5, 0.6) is 11.5 Å². The topological polar surface area (TPSA) is 73.6 Å². The molecule has 1 amide bonds. The van der Waals surface area contributed by atoms with Crippen molar-refractivity contribution in [3.05, 3.63) is 53.1 Å². The summed E-state index contributed by atoms with van der Waals surface area (Å²) in [6.45, 7) is 2.53. The molecule has 0 radical (unpaired) electrons. The van der Waals surface area contributed by atoms with E-state index >= 15 is 0 Å². The number of carbonyl (C=O) groups excluding carboxylic acids is 1. The van der Waals surface area contributed by atoms with Crippen molar-refractivity contribution in [1.29, 1.82) is 0 Å². The first kappa shape index (κ1) is 13.3. The fourth-order valence-electron chi connectivity index (χ4n) is 2.21. The molecule has 1 aliphatic rings. The highest BCUT2D eigenvalue weighted by Gasteiger charge is 2.14. The summed E-state index contributed by atoms with van der Waals surface area (Å²) in [5.74, 6) is 1.25. The maximum absolute atomic E-state index is 12.2. The molecule has 21 heavy (non-hydrogen) atoms. The third-order valence-corrected chi connectivity index (χ3v) is 3.46. The molecular weight excluding hydrogens is 268 g/mol. The van der Waals surface area contributed by atoms with E-state index in [9.17, 15) is 4.79 Å². The maximum Gasteiger partial charge on any atom is 0.253 e. The van der Waals surface area contributed by atoms with Gasteiger partial charge in [0.05, 0.1) is 5.56 Å². The number of ether oxygens (including phenoxy) is 2. The largest absolute Gasteiger partial charge is 0.454 e. The van der Waals surface area contributed by atoms with Crippen molar-refractivity contribution in [1.82, 2.24) is 5.32 Å². The van der Waals surface area contributed by atoms with E-state index in [0.29, 0.717) is 23.5 Å². The predicted molar refractivity (Wildman–Crippen MR) is 79.3 cm³/mol. The number of nitrogen functional groups attached to an aromatic ring is 1. The van der Waals surface area contributed by atoms with E-state index in [2.05, 4.69) is 5.32 Å². The summed E-state index contributed by atoms with van der Waals surface area (Å²) < 4.78 is 10.6. The third kappa shape index (κ3) is 2.63. The summed E-state index contributed by atoms with van der Waals surface area (Å²) in [7, 11) is 0. The number of anilines is 1. The van der Waals surface area contributed by atoms with Crippen LogP contribution in [0.15, 0.2) is 36.4 Å². The molecule has 0 saturated heterocycles. The van der Waals surface area contributed by atoms with Crippen molar-refractivity contribution >= 4 is 11.6 Å². The molecule has 5 heteroatoms. The zero-order valence-corrected chi connectivity index (χ0v) is 11.7. The first-order chi connectivity index (χ1) is 10.1. The van der Waals surface area contributed by atoms with Crippen LogP contribution >= 0.6 is 0 Å². The number of carbonyl (C=O) groups is 1. The minimum atomic E-state index is -0.186. The number of amides is 1. The molecule has 0 saturated carbocycles. The van der Waals surface area contributed by atoms with E-state index in [0.717, 1.165) is 16.9 Å². The lowest BCUT2D eigenvalue weighted by atomic mass is 10.1. The predicted octanol–water partition coefficient (Wildman–Crippen LogP) is 2.24. The van der Waals surface area contributed by atoms with Crippen molar-refractivity contribution in [3.8, 4) is 11.5 Å². The number of aryl methyl sites for hydroxylation is 1. The number of nitrogens with two attached hydrogens (primary N) is 1. The van der Waals surface area contributed by atoms with Gasteiger partial charge in [-0.3, -0.25) is 4.79 Å². The van der Waals surface area contributed by atoms with E-state index in [-0.39, 0.29) is 12.7 Å². The highest BCUT2D eigenvalue weighted by atomic mass is 16.7. The van der Waals surface area contributed by atoms with Gasteiger partial charge in [-0.05, 0) is 36.2 Å². The molecule has 0 atom stereocenters. The van der Waals surface area contributed by atoms with Crippen LogP contribution in [0.2, 0.25) is 0 Å². The van der Waals surface area contributed by atoms with Crippen molar-refractivity contribution < 1.29 is 14.3 Å². The summed E-state index contributed by atoms with van der Waals surface area (Å²) in [6, 6.07) is 11.0. The van der Waals surface area contributed by atoms with Gasteiger partial charge in [0, 0.05) is 12.2 Å². The lowest BCUT2D eigenvalue weighted by molar-refractivity contribution is 0.0951. The minimum absolute atomic E-state index is 0.186. The molecule has 1 heterocycles. The first-order valence-corrected chi connectivity index (χ1v) is 6.67. The Morgan fingerprint density at radius 1 is 1.24 bits per heavy atom. The Balaban J connectivity index is 1.70. The maximum atomic E-state index is 12.2. The van der Waals surface area contributed by atoms with Crippen LogP contribution in [-0.4, -0.2) is 12.7 Å². The molecule has 0 unspecified atom stereocenters. The average Bonchev–Trinajstić information content (AvgIpc) is 2.95. The van der Waals surface area contributed by atoms with Crippen molar-refractivity contribution in [3.63, 3.8) is 0 Å². The number of hydrogen-bond acceptors (Lipinski definition) is 4. The molecule has 1 aliphatic heterocycles. The van der Waals surface area contributed by atoms with Crippen LogP contribution in [0.3, 0.4) is 0 Å². The number of rotatable bonds is 3. The number of para-hydroxylation sites is 1. The standard InChI is InChI=1S/C16H16N2O3/c1-10-3-2-4-12(15(10)17)16(19)18-8-11-5-6-13-14(7-11)21-9-20-13/h2-7H,8-9,17H2,1H3,(H,18,19). The van der Waals surface area contributed by atoms with Gasteiger partial charge in [0.15, 0.2) is 11.5 Å². The number of fused-ring (bicyclic) bond motifs is 1. The second-order valence-corrected chi connectivity index (χ2v) is 4.91. The molecule has 5 nitrogen and oxygen atoms in total. The van der Waals surface area contributed by atoms with Crippen LogP contribution in [0.25, 0.3) is 0 Å². The minimum Gasteiger partial charge on any atom is -0.454 e. The molecule has 2 aromatic carbocycles. The number of benzene rings is 2. The Morgan fingerprint density at radius 2 is 2.05 bits per heavy atom. The average molecular weight is 284 g/mol. The molecular formula is C16H16N2O3. The summed E-state index contributed by atoms with van der Waals surface area (Å²) in [5.41, 5.74) is 8.78. The lowest BCUT2D eigenvalue weighted by Gasteiger charge is -2.09. The molecule has 108 valence electrons. The lowest BCUT2D eigenvalue weighted by Crippen LogP contribution is -2.24. The van der Waals surface area contributed by atoms with E-state index in [4.69, 9.17) is 15.2 Å². The van der Waals surface area contributed by atoms with E-state index < -0.39 is 0 Å². The fourth-order valence-corrected chi connectivity index (χ4v) is 2.21. The normalized spacial score (nSPS) is 12.2. The van der Waals surface area contributed by atoms with Crippen molar-refractivity contribution in [2.75, 3.05) is 12.5 Å². The van der Waals surface area contributed by atoms with E-state index in [1.807, 2.05) is 37.3 Å². The highest BCUT2D eigenvalue weighted by Crippen LogP contribution is 2.32. The van der Waals surface area contributed by atoms with Gasteiger partial charge in [-0.2, -0.15) is 0 Å². The van der Waals surface area contributed by atoms with Crippen molar-refractivity contribution in [2.45, 2.75) is 13.5 Å². The summed E-state index contributed by atoms with van der Waals surface area (Å²) in [6.07, 6.45) is 0. The summed E-state index contributed by atoms with van der Waals surface area (Å²) >= 11 is 0. The smallest absolute Gasteiger partial charge is 0.253 e. The Kier molecular flexibility index (Phi) is 3.39. The quantitative estimate of drug-likeness (QED) is 0.848. The Morgan fingerprint density at radius 3 is 2.90 bits per heavy atom. The second-order valence-electron chi connectivity index (χ2n) is 4.91. The molecule has 0 aliphatic carbocycles. The van der Waals surface area contributed by atoms with Gasteiger partial charge in [0.2, 0.25) is 6.79 Å². The Labute approximate surface area is 122 Å². The molecule has 2 aromatic rings. The zero-order valence-electron chi connectivity index (χ0n) is 11.7. The van der Waals surface area contributed by atoms with Crippen LogP contribution in [0.4, 0.5) is 5.69 Å². The summed E-state index contributed by atoms with van der Waals surface area (Å²) in [4.78, 5) is 12.2. The van der Waals surface area contributed by atoms with Gasteiger partial charge >= 0.3 is 0 Å². The fraction of sp³-hybridized carbons (Fsp3) is 0.188. The Bertz CT molecular complexity index is 698. The van der Waals surface area contributed by atoms with Gasteiger partial charge < -0.3 is 20.5 Å². The molecule has 0 spiro atoms. The van der Waals surface area contributed by atoms with Gasteiger partial charge in [-0.1, -0.05) is 18.2 Å². The van der Waals surface area contributed by atoms with Crippen molar-refractivity contribution in [2.24, 2.45) is 0 Å². The van der Waals surface area contributed by atoms with Crippen LogP contribution in [-0.2, 0) is 6.54 Å². The zero-order chi connectivity index (χ0) is 14.8. The molecule has 3 rings (SSSR count). The van der Waals surface area contributed by atoms with Crippen LogP contribution < -0.4 is 20.5 Å². The van der Waals surface area contributed by atoms with E-state index in [1.165, 1.54) is 0 Å². The number of nitrogens with one attached hydrogen (secondary N) is 1. The molecule has 3 N–H and O–H groups in total. The van der Waals surface area contributed by atoms with Gasteiger partial charge in [0.25, 0.3) is 5.91 Å². The monoisotopic (exact) mass is 284 g/mol. The third-order valence-electron chi connectivity index (χ3n) is 3.46. The first-order valence-electron chi connectivity index (χ1n) is 6.67. The SMILES string of the molecule is Cc1cccc(C(=O)NCc2ccc3c(c2)OCO3)c1N. The van der Waals surface area contributed by atoms with Gasteiger partial charge in [0.1, 0.15) is 0 Å². The molecule has 0 bridgehead atoms.